The highest BCUT2D eigenvalue weighted by Gasteiger charge is 2.18. The highest BCUT2D eigenvalue weighted by molar-refractivity contribution is 6.32. The lowest BCUT2D eigenvalue weighted by Crippen LogP contribution is -2.09. The van der Waals surface area contributed by atoms with Gasteiger partial charge in [-0.1, -0.05) is 17.7 Å². The van der Waals surface area contributed by atoms with Crippen LogP contribution < -0.4 is 10.1 Å². The second-order valence-electron chi connectivity index (χ2n) is 4.55. The number of benzene rings is 1. The van der Waals surface area contributed by atoms with E-state index in [9.17, 15) is 0 Å². The molecule has 1 aliphatic rings. The molecule has 1 N–H and O–H groups in total. The van der Waals surface area contributed by atoms with Crippen LogP contribution in [0.25, 0.3) is 0 Å². The molecular formula is C13H18ClNO. The number of ether oxygens (including phenoxy) is 1. The number of halogens is 1. The molecule has 2 nitrogen and oxygen atoms in total. The van der Waals surface area contributed by atoms with Gasteiger partial charge in [-0.3, -0.25) is 0 Å². The van der Waals surface area contributed by atoms with Crippen LogP contribution >= 0.6 is 11.6 Å². The van der Waals surface area contributed by atoms with Crippen LogP contribution in [0.1, 0.15) is 31.7 Å². The van der Waals surface area contributed by atoms with Crippen LogP contribution in [0.5, 0.6) is 5.75 Å². The van der Waals surface area contributed by atoms with Crippen LogP contribution in [-0.4, -0.2) is 19.2 Å². The third kappa shape index (κ3) is 2.69. The Labute approximate surface area is 102 Å². The second kappa shape index (κ2) is 5.07. The average Bonchev–Trinajstić information content (AvgIpc) is 2.73. The third-order valence-corrected chi connectivity index (χ3v) is 3.16. The molecule has 88 valence electrons. The summed E-state index contributed by atoms with van der Waals surface area (Å²) in [5.74, 6) is 1.41. The van der Waals surface area contributed by atoms with Crippen molar-refractivity contribution in [1.29, 1.82) is 0 Å². The monoisotopic (exact) mass is 239 g/mol. The van der Waals surface area contributed by atoms with Crippen LogP contribution in [0, 0.1) is 0 Å². The zero-order chi connectivity index (χ0) is 11.5. The quantitative estimate of drug-likeness (QED) is 0.875. The zero-order valence-electron chi connectivity index (χ0n) is 9.79. The van der Waals surface area contributed by atoms with E-state index in [0.29, 0.717) is 10.9 Å². The highest BCUT2D eigenvalue weighted by atomic mass is 35.5. The minimum atomic E-state index is 0.162. The fraction of sp³-hybridized carbons (Fsp3) is 0.538. The van der Waals surface area contributed by atoms with E-state index in [1.54, 1.807) is 0 Å². The van der Waals surface area contributed by atoms with E-state index in [1.807, 2.05) is 19.9 Å². The standard InChI is InChI=1S/C13H18ClNO/c1-9(2)16-13-7-10(3-4-12(13)14)11-5-6-15-8-11/h3-4,7,9,11,15H,5-6,8H2,1-2H3. The highest BCUT2D eigenvalue weighted by Crippen LogP contribution is 2.31. The molecule has 0 amide bonds. The first-order chi connectivity index (χ1) is 7.66. The lowest BCUT2D eigenvalue weighted by Gasteiger charge is -2.15. The summed E-state index contributed by atoms with van der Waals surface area (Å²) in [5, 5.41) is 4.07. The van der Waals surface area contributed by atoms with Gasteiger partial charge in [-0.25, -0.2) is 0 Å². The van der Waals surface area contributed by atoms with E-state index in [-0.39, 0.29) is 6.10 Å². The van der Waals surface area contributed by atoms with Gasteiger partial charge in [0.15, 0.2) is 0 Å². The van der Waals surface area contributed by atoms with Crippen molar-refractivity contribution in [2.75, 3.05) is 13.1 Å². The molecule has 0 saturated carbocycles. The maximum atomic E-state index is 6.11. The van der Waals surface area contributed by atoms with Gasteiger partial charge in [0, 0.05) is 6.54 Å². The minimum Gasteiger partial charge on any atom is -0.489 e. The first kappa shape index (κ1) is 11.7. The molecule has 0 aliphatic carbocycles. The Morgan fingerprint density at radius 1 is 1.44 bits per heavy atom. The summed E-state index contributed by atoms with van der Waals surface area (Å²) in [4.78, 5) is 0. The van der Waals surface area contributed by atoms with E-state index in [0.717, 1.165) is 18.8 Å². The van der Waals surface area contributed by atoms with E-state index in [2.05, 4.69) is 17.4 Å². The predicted molar refractivity (Wildman–Crippen MR) is 67.4 cm³/mol. The Kier molecular flexibility index (Phi) is 3.72. The molecule has 1 saturated heterocycles. The number of hydrogen-bond acceptors (Lipinski definition) is 2. The Morgan fingerprint density at radius 2 is 2.25 bits per heavy atom. The van der Waals surface area contributed by atoms with Crippen molar-refractivity contribution in [2.45, 2.75) is 32.3 Å². The Morgan fingerprint density at radius 3 is 2.88 bits per heavy atom. The molecule has 0 bridgehead atoms. The number of nitrogens with one attached hydrogen (secondary N) is 1. The summed E-state index contributed by atoms with van der Waals surface area (Å²) in [7, 11) is 0. The van der Waals surface area contributed by atoms with Crippen LogP contribution in [0.4, 0.5) is 0 Å². The van der Waals surface area contributed by atoms with E-state index >= 15 is 0 Å². The van der Waals surface area contributed by atoms with Gasteiger partial charge in [0.05, 0.1) is 11.1 Å². The minimum absolute atomic E-state index is 0.162. The lowest BCUT2D eigenvalue weighted by atomic mass is 9.98. The average molecular weight is 240 g/mol. The predicted octanol–water partition coefficient (Wildman–Crippen LogP) is 3.20. The van der Waals surface area contributed by atoms with E-state index in [1.165, 1.54) is 12.0 Å². The molecule has 1 aliphatic heterocycles. The zero-order valence-corrected chi connectivity index (χ0v) is 10.6. The Bertz CT molecular complexity index is 359. The fourth-order valence-electron chi connectivity index (χ4n) is 2.06. The van der Waals surface area contributed by atoms with Gasteiger partial charge in [-0.05, 0) is 50.4 Å². The first-order valence-electron chi connectivity index (χ1n) is 5.83. The van der Waals surface area contributed by atoms with Gasteiger partial charge < -0.3 is 10.1 Å². The molecule has 1 aromatic rings. The second-order valence-corrected chi connectivity index (χ2v) is 4.95. The molecule has 1 aromatic carbocycles. The van der Waals surface area contributed by atoms with Crippen molar-refractivity contribution in [3.05, 3.63) is 28.8 Å². The van der Waals surface area contributed by atoms with E-state index in [4.69, 9.17) is 16.3 Å². The molecule has 1 heterocycles. The smallest absolute Gasteiger partial charge is 0.138 e. The molecule has 1 unspecified atom stereocenters. The fourth-order valence-corrected chi connectivity index (χ4v) is 2.22. The molecule has 3 heteroatoms. The third-order valence-electron chi connectivity index (χ3n) is 2.85. The number of rotatable bonds is 3. The van der Waals surface area contributed by atoms with Gasteiger partial charge in [0.2, 0.25) is 0 Å². The van der Waals surface area contributed by atoms with Crippen LogP contribution in [0.3, 0.4) is 0 Å². The summed E-state index contributed by atoms with van der Waals surface area (Å²) in [5.41, 5.74) is 1.32. The molecule has 0 aromatic heterocycles. The molecule has 0 radical (unpaired) electrons. The molecule has 1 atom stereocenters. The van der Waals surface area contributed by atoms with E-state index < -0.39 is 0 Å². The van der Waals surface area contributed by atoms with Crippen LogP contribution in [0.15, 0.2) is 18.2 Å². The lowest BCUT2D eigenvalue weighted by molar-refractivity contribution is 0.242. The van der Waals surface area contributed by atoms with Crippen molar-refractivity contribution < 1.29 is 4.74 Å². The van der Waals surface area contributed by atoms with Crippen molar-refractivity contribution >= 4 is 11.6 Å². The molecule has 0 spiro atoms. The number of hydrogen-bond donors (Lipinski definition) is 1. The molecule has 1 fully saturated rings. The maximum Gasteiger partial charge on any atom is 0.138 e. The largest absolute Gasteiger partial charge is 0.489 e. The van der Waals surface area contributed by atoms with Gasteiger partial charge in [-0.2, -0.15) is 0 Å². The van der Waals surface area contributed by atoms with Crippen molar-refractivity contribution in [2.24, 2.45) is 0 Å². The van der Waals surface area contributed by atoms with Gasteiger partial charge in [0.1, 0.15) is 5.75 Å². The normalized spacial score (nSPS) is 20.4. The maximum absolute atomic E-state index is 6.11. The van der Waals surface area contributed by atoms with Crippen molar-refractivity contribution in [1.82, 2.24) is 5.32 Å². The topological polar surface area (TPSA) is 21.3 Å². The van der Waals surface area contributed by atoms with Gasteiger partial charge in [0.25, 0.3) is 0 Å². The van der Waals surface area contributed by atoms with Crippen LogP contribution in [-0.2, 0) is 0 Å². The SMILES string of the molecule is CC(C)Oc1cc(C2CCNC2)ccc1Cl. The van der Waals surface area contributed by atoms with Gasteiger partial charge >= 0.3 is 0 Å². The summed E-state index contributed by atoms with van der Waals surface area (Å²) >= 11 is 6.11. The van der Waals surface area contributed by atoms with Gasteiger partial charge in [-0.15, -0.1) is 0 Å². The Hall–Kier alpha value is -0.730. The van der Waals surface area contributed by atoms with Crippen molar-refractivity contribution in [3.8, 4) is 5.75 Å². The summed E-state index contributed by atoms with van der Waals surface area (Å²) in [6.45, 7) is 6.19. The Balaban J connectivity index is 2.20. The molecule has 16 heavy (non-hydrogen) atoms. The van der Waals surface area contributed by atoms with Crippen molar-refractivity contribution in [3.63, 3.8) is 0 Å². The first-order valence-corrected chi connectivity index (χ1v) is 6.21. The molecular weight excluding hydrogens is 222 g/mol. The molecule has 2 rings (SSSR count). The summed E-state index contributed by atoms with van der Waals surface area (Å²) < 4.78 is 5.69. The van der Waals surface area contributed by atoms with Crippen LogP contribution in [0.2, 0.25) is 5.02 Å². The summed E-state index contributed by atoms with van der Waals surface area (Å²) in [6, 6.07) is 6.13. The summed E-state index contributed by atoms with van der Waals surface area (Å²) in [6.07, 6.45) is 1.36.